The number of carbonyl (C=O) groups excluding carboxylic acids is 1. The van der Waals surface area contributed by atoms with Crippen LogP contribution >= 0.6 is 0 Å². The third kappa shape index (κ3) is 6.83. The number of aromatic nitrogens is 3. The molecule has 0 fully saturated rings. The van der Waals surface area contributed by atoms with E-state index in [4.69, 9.17) is 0 Å². The van der Waals surface area contributed by atoms with E-state index < -0.39 is 11.7 Å². The summed E-state index contributed by atoms with van der Waals surface area (Å²) in [6.07, 6.45) is -1.93. The van der Waals surface area contributed by atoms with Gasteiger partial charge in [-0.15, -0.1) is 5.10 Å². The molecule has 11 heteroatoms. The van der Waals surface area contributed by atoms with Gasteiger partial charge in [0.25, 0.3) is 5.91 Å². The van der Waals surface area contributed by atoms with Gasteiger partial charge in [-0.05, 0) is 74.1 Å². The van der Waals surface area contributed by atoms with E-state index in [0.717, 1.165) is 38.2 Å². The van der Waals surface area contributed by atoms with Crippen LogP contribution in [0.15, 0.2) is 66.9 Å². The van der Waals surface area contributed by atoms with Crippen LogP contribution in [0, 0.1) is 0 Å². The van der Waals surface area contributed by atoms with Gasteiger partial charge in [0.15, 0.2) is 5.65 Å². The predicted molar refractivity (Wildman–Crippen MR) is 137 cm³/mol. The Balaban J connectivity index is 1.40. The molecule has 0 bridgehead atoms. The van der Waals surface area contributed by atoms with Crippen molar-refractivity contribution in [2.75, 3.05) is 38.5 Å². The van der Waals surface area contributed by atoms with Gasteiger partial charge >= 0.3 is 6.18 Å². The summed E-state index contributed by atoms with van der Waals surface area (Å²) in [4.78, 5) is 16.8. The number of rotatable bonds is 11. The first-order valence-corrected chi connectivity index (χ1v) is 11.9. The van der Waals surface area contributed by atoms with E-state index in [0.29, 0.717) is 34.6 Å². The lowest BCUT2D eigenvalue weighted by Gasteiger charge is -2.09. The maximum Gasteiger partial charge on any atom is 0.416 e. The second-order valence-corrected chi connectivity index (χ2v) is 8.37. The number of carbonyl (C=O) groups is 1. The lowest BCUT2D eigenvalue weighted by Crippen LogP contribution is -2.29. The molecule has 4 aromatic rings. The fourth-order valence-electron chi connectivity index (χ4n) is 3.74. The topological polar surface area (TPSA) is 95.4 Å². The van der Waals surface area contributed by atoms with E-state index in [2.05, 4.69) is 31.3 Å². The molecule has 0 radical (unpaired) electrons. The van der Waals surface area contributed by atoms with Crippen LogP contribution in [0.5, 0.6) is 0 Å². The average molecular weight is 512 g/mol. The van der Waals surface area contributed by atoms with Gasteiger partial charge in [0.1, 0.15) is 0 Å². The Bertz CT molecular complexity index is 1340. The minimum atomic E-state index is -4.44. The summed E-state index contributed by atoms with van der Waals surface area (Å²) >= 11 is 0. The van der Waals surface area contributed by atoms with E-state index in [-0.39, 0.29) is 11.9 Å². The summed E-state index contributed by atoms with van der Waals surface area (Å²) in [7, 11) is 1.90. The Morgan fingerprint density at radius 2 is 1.78 bits per heavy atom. The number of fused-ring (bicyclic) bond motifs is 1. The number of nitrogens with zero attached hydrogens (tertiary/aromatic N) is 3. The fraction of sp³-hybridized carbons (Fsp3) is 0.269. The van der Waals surface area contributed by atoms with Crippen molar-refractivity contribution in [3.05, 3.63) is 78.0 Å². The highest BCUT2D eigenvalue weighted by atomic mass is 19.4. The lowest BCUT2D eigenvalue weighted by atomic mass is 10.0. The maximum atomic E-state index is 13.2. The van der Waals surface area contributed by atoms with Crippen LogP contribution in [-0.4, -0.2) is 53.7 Å². The lowest BCUT2D eigenvalue weighted by molar-refractivity contribution is -0.137. The molecule has 2 aromatic heterocycles. The van der Waals surface area contributed by atoms with Crippen molar-refractivity contribution in [1.82, 2.24) is 30.5 Å². The zero-order valence-electron chi connectivity index (χ0n) is 20.3. The van der Waals surface area contributed by atoms with Crippen molar-refractivity contribution in [3.63, 3.8) is 0 Å². The molecule has 1 amide bonds. The minimum Gasteiger partial charge on any atom is -0.352 e. The molecule has 0 saturated carbocycles. The average Bonchev–Trinajstić information content (AvgIpc) is 3.30. The third-order valence-electron chi connectivity index (χ3n) is 5.63. The maximum absolute atomic E-state index is 13.2. The number of benzene rings is 2. The Hall–Kier alpha value is -3.96. The van der Waals surface area contributed by atoms with Gasteiger partial charge in [-0.1, -0.05) is 12.1 Å². The largest absolute Gasteiger partial charge is 0.416 e. The zero-order chi connectivity index (χ0) is 26.3. The van der Waals surface area contributed by atoms with E-state index in [1.54, 1.807) is 48.7 Å². The fourth-order valence-corrected chi connectivity index (χ4v) is 3.74. The molecular weight excluding hydrogens is 483 g/mol. The van der Waals surface area contributed by atoms with Crippen LogP contribution in [0.4, 0.5) is 24.8 Å². The first-order chi connectivity index (χ1) is 17.8. The van der Waals surface area contributed by atoms with Crippen LogP contribution in [0.1, 0.15) is 22.3 Å². The van der Waals surface area contributed by atoms with E-state index in [1.165, 1.54) is 10.6 Å². The highest BCUT2D eigenvalue weighted by molar-refractivity contribution is 5.94. The molecule has 0 aliphatic rings. The number of hydrogen-bond donors (Lipinski definition) is 4. The molecule has 194 valence electrons. The number of amides is 1. The van der Waals surface area contributed by atoms with Crippen molar-refractivity contribution in [2.45, 2.75) is 12.6 Å². The first kappa shape index (κ1) is 26.1. The van der Waals surface area contributed by atoms with Gasteiger partial charge in [-0.3, -0.25) is 4.79 Å². The third-order valence-corrected chi connectivity index (χ3v) is 5.63. The number of anilines is 2. The molecule has 2 aromatic carbocycles. The molecule has 2 heterocycles. The number of pyridine rings is 1. The minimum absolute atomic E-state index is 0.154. The Labute approximate surface area is 212 Å². The molecular formula is C26H28F3N7O. The molecule has 0 unspecified atom stereocenters. The van der Waals surface area contributed by atoms with Crippen LogP contribution in [0.3, 0.4) is 0 Å². The molecule has 4 rings (SSSR count). The summed E-state index contributed by atoms with van der Waals surface area (Å²) in [5, 5.41) is 16.7. The van der Waals surface area contributed by atoms with Gasteiger partial charge in [0.2, 0.25) is 5.95 Å². The summed E-state index contributed by atoms with van der Waals surface area (Å²) in [5.41, 5.74) is 1.81. The molecule has 0 atom stereocenters. The zero-order valence-corrected chi connectivity index (χ0v) is 20.3. The van der Waals surface area contributed by atoms with Crippen molar-refractivity contribution < 1.29 is 18.0 Å². The Morgan fingerprint density at radius 3 is 2.54 bits per heavy atom. The van der Waals surface area contributed by atoms with Crippen LogP contribution < -0.4 is 21.3 Å². The molecule has 8 nitrogen and oxygen atoms in total. The smallest absolute Gasteiger partial charge is 0.352 e. The quantitative estimate of drug-likeness (QED) is 0.227. The first-order valence-electron chi connectivity index (χ1n) is 11.9. The number of likely N-dealkylation sites (N-methyl/N-ethyl adjacent to an activating group) is 1. The molecule has 0 aliphatic heterocycles. The summed E-state index contributed by atoms with van der Waals surface area (Å²) in [5.74, 6) is 0.126. The van der Waals surface area contributed by atoms with Gasteiger partial charge in [0.05, 0.1) is 5.56 Å². The Kier molecular flexibility index (Phi) is 8.36. The summed E-state index contributed by atoms with van der Waals surface area (Å²) in [6.45, 7) is 3.18. The molecule has 4 N–H and O–H groups in total. The second kappa shape index (κ2) is 11.8. The molecule has 0 spiro atoms. The van der Waals surface area contributed by atoms with Gasteiger partial charge in [-0.2, -0.15) is 18.2 Å². The second-order valence-electron chi connectivity index (χ2n) is 8.37. The van der Waals surface area contributed by atoms with Gasteiger partial charge in [-0.25, -0.2) is 4.52 Å². The van der Waals surface area contributed by atoms with Crippen LogP contribution in [0.25, 0.3) is 16.8 Å². The van der Waals surface area contributed by atoms with Gasteiger partial charge in [0, 0.05) is 42.6 Å². The number of nitrogens with one attached hydrogen (secondary N) is 4. The highest BCUT2D eigenvalue weighted by Crippen LogP contribution is 2.33. The number of hydrogen-bond acceptors (Lipinski definition) is 6. The number of alkyl halides is 3. The predicted octanol–water partition coefficient (Wildman–Crippen LogP) is 4.09. The standard InChI is InChI=1S/C26H28F3N7O/c1-30-14-15-31-12-4-13-32-24(37)18-8-10-21(11-9-18)33-25-34-23-22(7-3-16-36(23)35-25)19-5-2-6-20(17-19)26(27,28)29/h2-3,5-11,16-17,30-31H,4,12-15H2,1H3,(H,32,37)(H,33,35). The van der Waals surface area contributed by atoms with E-state index in [9.17, 15) is 18.0 Å². The summed E-state index contributed by atoms with van der Waals surface area (Å²) in [6, 6.07) is 15.4. The van der Waals surface area contributed by atoms with E-state index in [1.807, 2.05) is 7.05 Å². The monoisotopic (exact) mass is 511 g/mol. The van der Waals surface area contributed by atoms with Crippen molar-refractivity contribution in [1.29, 1.82) is 0 Å². The van der Waals surface area contributed by atoms with Crippen LogP contribution in [-0.2, 0) is 6.18 Å². The highest BCUT2D eigenvalue weighted by Gasteiger charge is 2.30. The SMILES string of the molecule is CNCCNCCCNC(=O)c1ccc(Nc2nc3c(-c4cccc(C(F)(F)F)c4)cccn3n2)cc1. The molecule has 37 heavy (non-hydrogen) atoms. The number of halogens is 3. The van der Waals surface area contributed by atoms with Crippen LogP contribution in [0.2, 0.25) is 0 Å². The Morgan fingerprint density at radius 1 is 0.973 bits per heavy atom. The normalized spacial score (nSPS) is 11.6. The van der Waals surface area contributed by atoms with E-state index >= 15 is 0 Å². The van der Waals surface area contributed by atoms with Crippen molar-refractivity contribution in [2.24, 2.45) is 0 Å². The van der Waals surface area contributed by atoms with Crippen molar-refractivity contribution in [3.8, 4) is 11.1 Å². The van der Waals surface area contributed by atoms with Crippen molar-refractivity contribution >= 4 is 23.2 Å². The summed E-state index contributed by atoms with van der Waals surface area (Å²) < 4.78 is 41.0. The molecule has 0 saturated heterocycles. The molecule has 0 aliphatic carbocycles. The van der Waals surface area contributed by atoms with Gasteiger partial charge < -0.3 is 21.3 Å².